The van der Waals surface area contributed by atoms with Crippen LogP contribution in [0.2, 0.25) is 0 Å². The van der Waals surface area contributed by atoms with Crippen molar-refractivity contribution in [2.45, 2.75) is 297 Å². The summed E-state index contributed by atoms with van der Waals surface area (Å²) in [6.07, 6.45) is 81.1. The summed E-state index contributed by atoms with van der Waals surface area (Å²) in [7, 11) is 0. The number of unbranched alkanes of at least 4 members (excludes halogenated alkanes) is 28. The molecule has 0 rings (SSSR count). The fourth-order valence-corrected chi connectivity index (χ4v) is 8.44. The normalized spacial score (nSPS) is 12.8. The van der Waals surface area contributed by atoms with E-state index in [2.05, 4.69) is 118 Å². The first-order valence-corrected chi connectivity index (χ1v) is 30.7. The number of rotatable bonds is 55. The topological polar surface area (TPSA) is 78.9 Å². The summed E-state index contributed by atoms with van der Waals surface area (Å²) in [5.41, 5.74) is 0. The Hall–Kier alpha value is -3.67. The molecule has 0 saturated carbocycles. The Morgan fingerprint density at radius 3 is 0.890 bits per heavy atom. The number of allylic oxidation sites excluding steroid dienone is 16. The van der Waals surface area contributed by atoms with Crippen LogP contribution in [0.4, 0.5) is 0 Å². The van der Waals surface area contributed by atoms with E-state index in [0.717, 1.165) is 109 Å². The molecular weight excluding hydrogens is 901 g/mol. The molecule has 0 aliphatic rings. The second-order valence-electron chi connectivity index (χ2n) is 20.2. The molecule has 0 aliphatic carbocycles. The fraction of sp³-hybridized carbons (Fsp3) is 0.716. The van der Waals surface area contributed by atoms with E-state index < -0.39 is 6.10 Å². The summed E-state index contributed by atoms with van der Waals surface area (Å²) in [5.74, 6) is -0.928. The second-order valence-corrected chi connectivity index (χ2v) is 20.2. The van der Waals surface area contributed by atoms with Crippen LogP contribution in [0.1, 0.15) is 290 Å². The zero-order chi connectivity index (χ0) is 52.9. The summed E-state index contributed by atoms with van der Waals surface area (Å²) in [5, 5.41) is 0. The maximum absolute atomic E-state index is 12.9. The number of esters is 3. The smallest absolute Gasteiger partial charge is 0.306 e. The van der Waals surface area contributed by atoms with Crippen molar-refractivity contribution in [2.24, 2.45) is 0 Å². The van der Waals surface area contributed by atoms with Gasteiger partial charge in [0.25, 0.3) is 0 Å². The maximum Gasteiger partial charge on any atom is 0.306 e. The Kier molecular flexibility index (Phi) is 57.8. The molecule has 0 fully saturated rings. The third-order valence-corrected chi connectivity index (χ3v) is 13.0. The number of hydrogen-bond donors (Lipinski definition) is 0. The largest absolute Gasteiger partial charge is 0.462 e. The average molecular weight is 1020 g/mol. The zero-order valence-electron chi connectivity index (χ0n) is 47.9. The van der Waals surface area contributed by atoms with Gasteiger partial charge in [-0.15, -0.1) is 0 Å². The first-order chi connectivity index (χ1) is 36.0. The van der Waals surface area contributed by atoms with E-state index >= 15 is 0 Å². The molecule has 0 N–H and O–H groups in total. The summed E-state index contributed by atoms with van der Waals surface area (Å²) in [6.45, 7) is 6.48. The lowest BCUT2D eigenvalue weighted by molar-refractivity contribution is -0.167. The number of carbonyl (C=O) groups excluding carboxylic acids is 3. The van der Waals surface area contributed by atoms with E-state index in [9.17, 15) is 14.4 Å². The SMILES string of the molecule is CC/C=C\C/C=C\C/C=C\C/C=C\C/C=C\CCCCCC(=O)OC[C@H](COC(=O)CCCCCCCCC/C=C\C/C=C\CCCCC)OC(=O)CCCCCCCCCCC/C=C\CCCCCCCC. The Labute approximate surface area is 451 Å². The quantitative estimate of drug-likeness (QED) is 0.0261. The van der Waals surface area contributed by atoms with Gasteiger partial charge in [-0.3, -0.25) is 14.4 Å². The van der Waals surface area contributed by atoms with Crippen molar-refractivity contribution in [1.29, 1.82) is 0 Å². The maximum atomic E-state index is 12.9. The van der Waals surface area contributed by atoms with Crippen LogP contribution in [-0.2, 0) is 28.6 Å². The Balaban J connectivity index is 4.46. The Bertz CT molecular complexity index is 1440. The second kappa shape index (κ2) is 60.9. The summed E-state index contributed by atoms with van der Waals surface area (Å²) in [6, 6.07) is 0. The highest BCUT2D eigenvalue weighted by molar-refractivity contribution is 5.71. The third-order valence-electron chi connectivity index (χ3n) is 13.0. The molecule has 0 heterocycles. The molecule has 0 bridgehead atoms. The molecule has 0 amide bonds. The van der Waals surface area contributed by atoms with Crippen LogP contribution in [0.5, 0.6) is 0 Å². The van der Waals surface area contributed by atoms with Gasteiger partial charge in [0.1, 0.15) is 13.2 Å². The Morgan fingerprint density at radius 1 is 0.288 bits per heavy atom. The molecule has 0 aromatic rings. The lowest BCUT2D eigenvalue weighted by Gasteiger charge is -2.18. The molecule has 0 saturated heterocycles. The van der Waals surface area contributed by atoms with E-state index in [1.54, 1.807) is 0 Å². The van der Waals surface area contributed by atoms with Gasteiger partial charge in [0.05, 0.1) is 0 Å². The van der Waals surface area contributed by atoms with E-state index in [1.807, 2.05) is 0 Å². The van der Waals surface area contributed by atoms with E-state index in [0.29, 0.717) is 19.3 Å². The molecule has 0 aliphatic heterocycles. The van der Waals surface area contributed by atoms with E-state index in [4.69, 9.17) is 14.2 Å². The van der Waals surface area contributed by atoms with Crippen LogP contribution in [0.3, 0.4) is 0 Å². The minimum absolute atomic E-state index is 0.0930. The van der Waals surface area contributed by atoms with Crippen molar-refractivity contribution in [3.05, 3.63) is 97.2 Å². The fourth-order valence-electron chi connectivity index (χ4n) is 8.44. The van der Waals surface area contributed by atoms with Crippen LogP contribution in [-0.4, -0.2) is 37.2 Å². The van der Waals surface area contributed by atoms with Gasteiger partial charge in [0.15, 0.2) is 6.10 Å². The monoisotopic (exact) mass is 1010 g/mol. The van der Waals surface area contributed by atoms with Gasteiger partial charge in [-0.05, 0) is 122 Å². The molecule has 0 spiro atoms. The lowest BCUT2D eigenvalue weighted by Crippen LogP contribution is -2.30. The molecule has 0 aromatic carbocycles. The van der Waals surface area contributed by atoms with E-state index in [-0.39, 0.29) is 31.1 Å². The number of hydrogen-bond acceptors (Lipinski definition) is 6. The highest BCUT2D eigenvalue weighted by atomic mass is 16.6. The number of carbonyl (C=O) groups is 3. The summed E-state index contributed by atoms with van der Waals surface area (Å²) >= 11 is 0. The van der Waals surface area contributed by atoms with Crippen molar-refractivity contribution in [1.82, 2.24) is 0 Å². The molecule has 0 radical (unpaired) electrons. The highest BCUT2D eigenvalue weighted by Crippen LogP contribution is 2.15. The minimum atomic E-state index is -0.798. The Morgan fingerprint density at radius 2 is 0.534 bits per heavy atom. The predicted octanol–water partition coefficient (Wildman–Crippen LogP) is 20.9. The summed E-state index contributed by atoms with van der Waals surface area (Å²) in [4.78, 5) is 38.3. The first-order valence-electron chi connectivity index (χ1n) is 30.7. The van der Waals surface area contributed by atoms with Crippen molar-refractivity contribution in [3.63, 3.8) is 0 Å². The van der Waals surface area contributed by atoms with Crippen LogP contribution in [0, 0.1) is 0 Å². The van der Waals surface area contributed by atoms with Gasteiger partial charge in [0, 0.05) is 19.3 Å². The molecule has 6 nitrogen and oxygen atoms in total. The van der Waals surface area contributed by atoms with Gasteiger partial charge in [-0.25, -0.2) is 0 Å². The highest BCUT2D eigenvalue weighted by Gasteiger charge is 2.19. The van der Waals surface area contributed by atoms with Crippen molar-refractivity contribution < 1.29 is 28.6 Å². The predicted molar refractivity (Wildman–Crippen MR) is 316 cm³/mol. The lowest BCUT2D eigenvalue weighted by atomic mass is 10.1. The molecular formula is C67H114O6. The minimum Gasteiger partial charge on any atom is -0.462 e. The third kappa shape index (κ3) is 59.1. The van der Waals surface area contributed by atoms with Crippen LogP contribution >= 0.6 is 0 Å². The van der Waals surface area contributed by atoms with Crippen LogP contribution in [0.25, 0.3) is 0 Å². The van der Waals surface area contributed by atoms with E-state index in [1.165, 1.54) is 141 Å². The first kappa shape index (κ1) is 69.3. The average Bonchev–Trinajstić information content (AvgIpc) is 3.39. The standard InChI is InChI=1S/C67H114O6/c1-4-7-10-13-16-19-22-25-28-31-33-36-39-42-45-48-51-54-57-60-66(69)72-63-64(62-71-65(68)59-56-53-50-47-44-41-38-35-30-27-24-21-18-15-12-9-6-3)73-67(70)61-58-55-52-49-46-43-40-37-34-32-29-26-23-20-17-14-11-8-5-2/h7,10,16,18-19,21,25-30,33,36,42,45,64H,4-6,8-9,11-15,17,20,22-24,31-32,34-35,37-41,43-44,46-63H2,1-3H3/b10-7-,19-16-,21-18-,28-25-,29-26-,30-27-,36-33-,45-42-/t64-/m0/s1. The summed E-state index contributed by atoms with van der Waals surface area (Å²) < 4.78 is 16.9. The van der Waals surface area contributed by atoms with Crippen molar-refractivity contribution in [2.75, 3.05) is 13.2 Å². The molecule has 418 valence electrons. The molecule has 6 heteroatoms. The van der Waals surface area contributed by atoms with Gasteiger partial charge < -0.3 is 14.2 Å². The van der Waals surface area contributed by atoms with Crippen LogP contribution in [0.15, 0.2) is 97.2 Å². The van der Waals surface area contributed by atoms with Gasteiger partial charge in [-0.1, -0.05) is 246 Å². The van der Waals surface area contributed by atoms with Crippen molar-refractivity contribution >= 4 is 17.9 Å². The number of ether oxygens (including phenoxy) is 3. The van der Waals surface area contributed by atoms with Gasteiger partial charge in [0.2, 0.25) is 0 Å². The van der Waals surface area contributed by atoms with Gasteiger partial charge >= 0.3 is 17.9 Å². The molecule has 1 atom stereocenters. The van der Waals surface area contributed by atoms with Crippen molar-refractivity contribution in [3.8, 4) is 0 Å². The zero-order valence-corrected chi connectivity index (χ0v) is 47.9. The van der Waals surface area contributed by atoms with Gasteiger partial charge in [-0.2, -0.15) is 0 Å². The molecule has 73 heavy (non-hydrogen) atoms. The molecule has 0 unspecified atom stereocenters. The molecule has 0 aromatic heterocycles. The van der Waals surface area contributed by atoms with Crippen LogP contribution < -0.4 is 0 Å².